The van der Waals surface area contributed by atoms with Crippen molar-refractivity contribution in [2.24, 2.45) is 0 Å². The summed E-state index contributed by atoms with van der Waals surface area (Å²) < 4.78 is 45.9. The average molecular weight is 436 g/mol. The molecule has 0 spiro atoms. The van der Waals surface area contributed by atoms with Crippen LogP contribution in [0.4, 0.5) is 14.9 Å². The molecule has 1 fully saturated rings. The molecule has 1 unspecified atom stereocenters. The maximum Gasteiger partial charge on any atom is 0.319 e. The van der Waals surface area contributed by atoms with Crippen LogP contribution in [0, 0.1) is 12.7 Å². The fraction of sp³-hybridized carbons (Fsp3) is 0.381. The predicted molar refractivity (Wildman–Crippen MR) is 112 cm³/mol. The summed E-state index contributed by atoms with van der Waals surface area (Å²) in [6, 6.07) is 11.9. The van der Waals surface area contributed by atoms with E-state index in [1.54, 1.807) is 13.2 Å². The number of rotatable bonds is 7. The SMILES string of the molecule is COCCC1(NC(=O)Nc2cccc(C)c2)CCN(S(=O)(=O)c2cccc(F)c2)C1. The van der Waals surface area contributed by atoms with E-state index in [0.29, 0.717) is 25.1 Å². The number of aryl methyl sites for hydroxylation is 1. The molecule has 2 N–H and O–H groups in total. The van der Waals surface area contributed by atoms with Gasteiger partial charge in [0, 0.05) is 32.5 Å². The van der Waals surface area contributed by atoms with Gasteiger partial charge in [-0.25, -0.2) is 17.6 Å². The van der Waals surface area contributed by atoms with Crippen LogP contribution in [0.3, 0.4) is 0 Å². The maximum atomic E-state index is 13.5. The van der Waals surface area contributed by atoms with Gasteiger partial charge in [0.25, 0.3) is 0 Å². The van der Waals surface area contributed by atoms with Gasteiger partial charge in [-0.05, 0) is 55.7 Å². The van der Waals surface area contributed by atoms with Gasteiger partial charge >= 0.3 is 6.03 Å². The zero-order valence-corrected chi connectivity index (χ0v) is 17.8. The number of nitrogens with one attached hydrogen (secondary N) is 2. The van der Waals surface area contributed by atoms with E-state index in [0.717, 1.165) is 11.6 Å². The number of anilines is 1. The highest BCUT2D eigenvalue weighted by Gasteiger charge is 2.44. The largest absolute Gasteiger partial charge is 0.385 e. The summed E-state index contributed by atoms with van der Waals surface area (Å²) in [5.74, 6) is -0.614. The van der Waals surface area contributed by atoms with Crippen molar-refractivity contribution < 1.29 is 22.3 Å². The van der Waals surface area contributed by atoms with Crippen LogP contribution in [0.1, 0.15) is 18.4 Å². The summed E-state index contributed by atoms with van der Waals surface area (Å²) >= 11 is 0. The maximum absolute atomic E-state index is 13.5. The number of hydrogen-bond acceptors (Lipinski definition) is 4. The molecule has 30 heavy (non-hydrogen) atoms. The van der Waals surface area contributed by atoms with Crippen LogP contribution < -0.4 is 10.6 Å². The number of carbonyl (C=O) groups is 1. The second kappa shape index (κ2) is 9.11. The normalized spacial score (nSPS) is 19.6. The minimum atomic E-state index is -3.88. The number of urea groups is 1. The van der Waals surface area contributed by atoms with Crippen LogP contribution >= 0.6 is 0 Å². The first-order valence-corrected chi connectivity index (χ1v) is 11.1. The van der Waals surface area contributed by atoms with Gasteiger partial charge in [0.05, 0.1) is 10.4 Å². The van der Waals surface area contributed by atoms with Crippen molar-refractivity contribution in [3.05, 3.63) is 59.9 Å². The minimum Gasteiger partial charge on any atom is -0.385 e. The molecule has 7 nitrogen and oxygen atoms in total. The van der Waals surface area contributed by atoms with Gasteiger partial charge in [-0.2, -0.15) is 4.31 Å². The Labute approximate surface area is 176 Å². The number of amides is 2. The summed E-state index contributed by atoms with van der Waals surface area (Å²) in [5.41, 5.74) is 0.872. The molecule has 3 rings (SSSR count). The summed E-state index contributed by atoms with van der Waals surface area (Å²) in [6.45, 7) is 2.58. The van der Waals surface area contributed by atoms with E-state index in [1.165, 1.54) is 22.5 Å². The van der Waals surface area contributed by atoms with Crippen molar-refractivity contribution in [1.82, 2.24) is 9.62 Å². The van der Waals surface area contributed by atoms with Crippen molar-refractivity contribution in [3.8, 4) is 0 Å². The first-order chi connectivity index (χ1) is 14.2. The lowest BCUT2D eigenvalue weighted by molar-refractivity contribution is 0.159. The molecule has 0 aliphatic carbocycles. The van der Waals surface area contributed by atoms with Gasteiger partial charge in [-0.3, -0.25) is 0 Å². The number of nitrogens with zero attached hydrogens (tertiary/aromatic N) is 1. The Balaban J connectivity index is 1.76. The molecular formula is C21H26FN3O4S. The Morgan fingerprint density at radius 3 is 2.70 bits per heavy atom. The molecule has 2 aromatic carbocycles. The Morgan fingerprint density at radius 2 is 2.00 bits per heavy atom. The summed E-state index contributed by atoms with van der Waals surface area (Å²) in [4.78, 5) is 12.5. The van der Waals surface area contributed by atoms with Crippen LogP contribution in [-0.2, 0) is 14.8 Å². The molecule has 162 valence electrons. The molecule has 0 aromatic heterocycles. The van der Waals surface area contributed by atoms with E-state index in [-0.39, 0.29) is 18.0 Å². The molecule has 0 saturated carbocycles. The monoisotopic (exact) mass is 435 g/mol. The zero-order valence-electron chi connectivity index (χ0n) is 17.0. The number of halogens is 1. The number of benzene rings is 2. The first-order valence-electron chi connectivity index (χ1n) is 9.65. The van der Waals surface area contributed by atoms with E-state index in [9.17, 15) is 17.6 Å². The highest BCUT2D eigenvalue weighted by Crippen LogP contribution is 2.30. The molecule has 0 radical (unpaired) electrons. The quantitative estimate of drug-likeness (QED) is 0.700. The van der Waals surface area contributed by atoms with E-state index in [1.807, 2.05) is 25.1 Å². The second-order valence-electron chi connectivity index (χ2n) is 7.52. The fourth-order valence-electron chi connectivity index (χ4n) is 3.61. The van der Waals surface area contributed by atoms with Gasteiger partial charge in [0.15, 0.2) is 0 Å². The van der Waals surface area contributed by atoms with Gasteiger partial charge in [-0.1, -0.05) is 18.2 Å². The molecule has 2 amide bonds. The number of methoxy groups -OCH3 is 1. The Hall–Kier alpha value is -2.49. The van der Waals surface area contributed by atoms with E-state index >= 15 is 0 Å². The smallest absolute Gasteiger partial charge is 0.319 e. The third kappa shape index (κ3) is 5.16. The summed E-state index contributed by atoms with van der Waals surface area (Å²) in [7, 11) is -2.32. The van der Waals surface area contributed by atoms with Crippen molar-refractivity contribution in [1.29, 1.82) is 0 Å². The lowest BCUT2D eigenvalue weighted by atomic mass is 9.95. The minimum absolute atomic E-state index is 0.0798. The fourth-order valence-corrected chi connectivity index (χ4v) is 5.17. The highest BCUT2D eigenvalue weighted by atomic mass is 32.2. The third-order valence-electron chi connectivity index (χ3n) is 5.19. The first kappa shape index (κ1) is 22.2. The topological polar surface area (TPSA) is 87.7 Å². The summed E-state index contributed by atoms with van der Waals surface area (Å²) in [6.07, 6.45) is 0.867. The van der Waals surface area contributed by atoms with Crippen molar-refractivity contribution in [2.45, 2.75) is 30.2 Å². The molecule has 9 heteroatoms. The molecule has 1 aliphatic rings. The van der Waals surface area contributed by atoms with Crippen molar-refractivity contribution >= 4 is 21.7 Å². The molecule has 0 bridgehead atoms. The van der Waals surface area contributed by atoms with Crippen LogP contribution in [0.2, 0.25) is 0 Å². The van der Waals surface area contributed by atoms with E-state index in [4.69, 9.17) is 4.74 Å². The molecular weight excluding hydrogens is 409 g/mol. The van der Waals surface area contributed by atoms with Gasteiger partial charge in [-0.15, -0.1) is 0 Å². The van der Waals surface area contributed by atoms with Crippen LogP contribution in [0.25, 0.3) is 0 Å². The lowest BCUT2D eigenvalue weighted by Crippen LogP contribution is -2.53. The second-order valence-corrected chi connectivity index (χ2v) is 9.46. The standard InChI is InChI=1S/C21H26FN3O4S/c1-16-5-3-7-18(13-16)23-20(26)24-21(10-12-29-2)9-11-25(15-21)30(27,28)19-8-4-6-17(22)14-19/h3-8,13-14H,9-12,15H2,1-2H3,(H2,23,24,26). The van der Waals surface area contributed by atoms with Gasteiger partial charge in [0.2, 0.25) is 10.0 Å². The highest BCUT2D eigenvalue weighted by molar-refractivity contribution is 7.89. The molecule has 2 aromatic rings. The average Bonchev–Trinajstić information content (AvgIpc) is 3.11. The van der Waals surface area contributed by atoms with E-state index in [2.05, 4.69) is 10.6 Å². The lowest BCUT2D eigenvalue weighted by Gasteiger charge is -2.30. The van der Waals surface area contributed by atoms with Gasteiger partial charge < -0.3 is 15.4 Å². The van der Waals surface area contributed by atoms with Crippen LogP contribution in [-0.4, -0.2) is 51.1 Å². The summed E-state index contributed by atoms with van der Waals surface area (Å²) in [5, 5.41) is 5.74. The molecule has 1 saturated heterocycles. The third-order valence-corrected chi connectivity index (χ3v) is 7.03. The number of carbonyl (C=O) groups excluding carboxylic acids is 1. The number of ether oxygens (including phenoxy) is 1. The van der Waals surface area contributed by atoms with Crippen LogP contribution in [0.15, 0.2) is 53.4 Å². The molecule has 1 heterocycles. The Morgan fingerprint density at radius 1 is 1.23 bits per heavy atom. The molecule has 1 aliphatic heterocycles. The van der Waals surface area contributed by atoms with Crippen molar-refractivity contribution in [2.75, 3.05) is 32.1 Å². The van der Waals surface area contributed by atoms with Crippen LogP contribution in [0.5, 0.6) is 0 Å². The number of sulfonamides is 1. The molecule has 1 atom stereocenters. The Kier molecular flexibility index (Phi) is 6.74. The number of hydrogen-bond donors (Lipinski definition) is 2. The van der Waals surface area contributed by atoms with Crippen molar-refractivity contribution in [3.63, 3.8) is 0 Å². The van der Waals surface area contributed by atoms with E-state index < -0.39 is 27.4 Å². The zero-order chi connectivity index (χ0) is 21.8. The predicted octanol–water partition coefficient (Wildman–Crippen LogP) is 3.13. The van der Waals surface area contributed by atoms with Gasteiger partial charge in [0.1, 0.15) is 5.82 Å². The Bertz CT molecular complexity index is 1010.